The number of esters is 1. The Balaban J connectivity index is 4.24. The summed E-state index contributed by atoms with van der Waals surface area (Å²) in [6.07, 6.45) is 0.193. The lowest BCUT2D eigenvalue weighted by molar-refractivity contribution is -0.562. The zero-order chi connectivity index (χ0) is 11.4. The van der Waals surface area contributed by atoms with E-state index in [0.717, 1.165) is 0 Å². The molecule has 0 saturated heterocycles. The maximum absolute atomic E-state index is 11.2. The molecule has 0 aliphatic heterocycles. The lowest BCUT2D eigenvalue weighted by Crippen LogP contribution is -2.35. The third-order valence-electron chi connectivity index (χ3n) is 1.99. The number of ether oxygens (including phenoxy) is 1. The molecule has 1 atom stereocenters. The smallest absolute Gasteiger partial charge is 0.308 e. The molecule has 0 bridgehead atoms. The number of rotatable bonds is 5. The standard InChI is InChI=1S/C9H17NO4/c1-5-14-8(11)7(2)6-9(3,4)10(12)13/h7H,5-6H2,1-4H3. The first kappa shape index (κ1) is 12.9. The van der Waals surface area contributed by atoms with Crippen molar-refractivity contribution in [1.82, 2.24) is 0 Å². The molecule has 1 unspecified atom stereocenters. The fourth-order valence-corrected chi connectivity index (χ4v) is 1.19. The van der Waals surface area contributed by atoms with Crippen molar-refractivity contribution in [1.29, 1.82) is 0 Å². The first-order valence-electron chi connectivity index (χ1n) is 4.62. The second-order valence-electron chi connectivity index (χ2n) is 3.93. The Bertz CT molecular complexity index is 225. The van der Waals surface area contributed by atoms with Crippen molar-refractivity contribution in [3.8, 4) is 0 Å². The summed E-state index contributed by atoms with van der Waals surface area (Å²) < 4.78 is 4.77. The van der Waals surface area contributed by atoms with E-state index in [9.17, 15) is 14.9 Å². The van der Waals surface area contributed by atoms with Gasteiger partial charge in [-0.15, -0.1) is 0 Å². The van der Waals surface area contributed by atoms with Gasteiger partial charge in [-0.25, -0.2) is 0 Å². The van der Waals surface area contributed by atoms with Crippen LogP contribution in [0.2, 0.25) is 0 Å². The zero-order valence-corrected chi connectivity index (χ0v) is 9.07. The summed E-state index contributed by atoms with van der Waals surface area (Å²) in [5.74, 6) is -0.808. The molecule has 0 heterocycles. The van der Waals surface area contributed by atoms with Crippen LogP contribution in [0.4, 0.5) is 0 Å². The van der Waals surface area contributed by atoms with E-state index in [0.29, 0.717) is 6.61 Å². The summed E-state index contributed by atoms with van der Waals surface area (Å²) >= 11 is 0. The third-order valence-corrected chi connectivity index (χ3v) is 1.99. The van der Waals surface area contributed by atoms with E-state index in [1.54, 1.807) is 13.8 Å². The van der Waals surface area contributed by atoms with Crippen LogP contribution in [0.25, 0.3) is 0 Å². The minimum atomic E-state index is -1.08. The summed E-state index contributed by atoms with van der Waals surface area (Å²) in [4.78, 5) is 21.4. The van der Waals surface area contributed by atoms with Crippen LogP contribution in [0.5, 0.6) is 0 Å². The maximum atomic E-state index is 11.2. The van der Waals surface area contributed by atoms with Gasteiger partial charge in [0.1, 0.15) is 0 Å². The van der Waals surface area contributed by atoms with E-state index in [1.807, 2.05) is 0 Å². The molecule has 0 aromatic rings. The molecule has 0 amide bonds. The van der Waals surface area contributed by atoms with Crippen LogP contribution >= 0.6 is 0 Å². The summed E-state index contributed by atoms with van der Waals surface area (Å²) in [5, 5.41) is 10.6. The average molecular weight is 203 g/mol. The monoisotopic (exact) mass is 203 g/mol. The molecule has 0 saturated carbocycles. The van der Waals surface area contributed by atoms with E-state index < -0.39 is 11.5 Å². The zero-order valence-electron chi connectivity index (χ0n) is 9.07. The second kappa shape index (κ2) is 4.93. The molecule has 0 radical (unpaired) electrons. The molecule has 0 fully saturated rings. The molecule has 0 aliphatic carbocycles. The Labute approximate surface area is 83.6 Å². The molecule has 5 nitrogen and oxygen atoms in total. The molecule has 0 aromatic heterocycles. The molecule has 14 heavy (non-hydrogen) atoms. The highest BCUT2D eigenvalue weighted by atomic mass is 16.6. The first-order chi connectivity index (χ1) is 6.31. The average Bonchev–Trinajstić information content (AvgIpc) is 2.03. The number of nitrogens with zero attached hydrogens (tertiary/aromatic N) is 1. The van der Waals surface area contributed by atoms with Crippen molar-refractivity contribution in [3.63, 3.8) is 0 Å². The minimum absolute atomic E-state index is 0.193. The SMILES string of the molecule is CCOC(=O)C(C)CC(C)(C)[N+](=O)[O-]. The number of nitro groups is 1. The fourth-order valence-electron chi connectivity index (χ4n) is 1.19. The predicted molar refractivity (Wildman–Crippen MR) is 51.5 cm³/mol. The Morgan fingerprint density at radius 1 is 1.57 bits per heavy atom. The summed E-state index contributed by atoms with van der Waals surface area (Å²) in [7, 11) is 0. The minimum Gasteiger partial charge on any atom is -0.466 e. The number of carbonyl (C=O) groups excluding carboxylic acids is 1. The van der Waals surface area contributed by atoms with E-state index in [-0.39, 0.29) is 17.3 Å². The largest absolute Gasteiger partial charge is 0.466 e. The van der Waals surface area contributed by atoms with Gasteiger partial charge in [0.15, 0.2) is 0 Å². The van der Waals surface area contributed by atoms with Gasteiger partial charge in [0.25, 0.3) is 0 Å². The normalized spacial score (nSPS) is 13.4. The highest BCUT2D eigenvalue weighted by Gasteiger charge is 2.35. The van der Waals surface area contributed by atoms with Gasteiger partial charge in [-0.3, -0.25) is 14.9 Å². The van der Waals surface area contributed by atoms with Crippen LogP contribution in [0.1, 0.15) is 34.1 Å². The van der Waals surface area contributed by atoms with Crippen LogP contribution in [0.3, 0.4) is 0 Å². The molecule has 82 valence electrons. The van der Waals surface area contributed by atoms with E-state index >= 15 is 0 Å². The molecular formula is C9H17NO4. The summed E-state index contributed by atoms with van der Waals surface area (Å²) in [6, 6.07) is 0. The molecule has 5 heteroatoms. The van der Waals surface area contributed by atoms with Gasteiger partial charge in [-0.1, -0.05) is 6.92 Å². The quantitative estimate of drug-likeness (QED) is 0.387. The molecule has 0 N–H and O–H groups in total. The van der Waals surface area contributed by atoms with Gasteiger partial charge in [0, 0.05) is 25.2 Å². The number of hydrogen-bond acceptors (Lipinski definition) is 4. The van der Waals surface area contributed by atoms with Crippen LogP contribution in [0.15, 0.2) is 0 Å². The van der Waals surface area contributed by atoms with E-state index in [4.69, 9.17) is 4.74 Å². The van der Waals surface area contributed by atoms with Gasteiger partial charge in [0.05, 0.1) is 12.5 Å². The predicted octanol–water partition coefficient (Wildman–Crippen LogP) is 1.63. The lowest BCUT2D eigenvalue weighted by Gasteiger charge is -2.18. The van der Waals surface area contributed by atoms with Gasteiger partial charge >= 0.3 is 5.97 Å². The highest BCUT2D eigenvalue weighted by Crippen LogP contribution is 2.20. The van der Waals surface area contributed by atoms with Crippen LogP contribution in [-0.4, -0.2) is 23.0 Å². The molecule has 0 aromatic carbocycles. The van der Waals surface area contributed by atoms with E-state index in [2.05, 4.69) is 0 Å². The van der Waals surface area contributed by atoms with Crippen molar-refractivity contribution in [2.75, 3.05) is 6.61 Å². The number of hydrogen-bond donors (Lipinski definition) is 0. The van der Waals surface area contributed by atoms with Crippen LogP contribution in [0, 0.1) is 16.0 Å². The van der Waals surface area contributed by atoms with Crippen molar-refractivity contribution >= 4 is 5.97 Å². The second-order valence-corrected chi connectivity index (χ2v) is 3.93. The van der Waals surface area contributed by atoms with Gasteiger partial charge in [0.2, 0.25) is 5.54 Å². The van der Waals surface area contributed by atoms with Gasteiger partial charge in [-0.2, -0.15) is 0 Å². The molecule has 0 spiro atoms. The topological polar surface area (TPSA) is 69.4 Å². The van der Waals surface area contributed by atoms with Crippen LogP contribution in [-0.2, 0) is 9.53 Å². The highest BCUT2D eigenvalue weighted by molar-refractivity contribution is 5.72. The van der Waals surface area contributed by atoms with Gasteiger partial charge in [-0.05, 0) is 6.92 Å². The third kappa shape index (κ3) is 3.72. The first-order valence-corrected chi connectivity index (χ1v) is 4.62. The van der Waals surface area contributed by atoms with Crippen LogP contribution < -0.4 is 0 Å². The molecule has 0 aliphatic rings. The Morgan fingerprint density at radius 2 is 2.07 bits per heavy atom. The Kier molecular flexibility index (Phi) is 4.53. The Morgan fingerprint density at radius 3 is 2.43 bits per heavy atom. The van der Waals surface area contributed by atoms with Crippen molar-refractivity contribution in [3.05, 3.63) is 10.1 Å². The van der Waals surface area contributed by atoms with Crippen molar-refractivity contribution in [2.24, 2.45) is 5.92 Å². The summed E-state index contributed by atoms with van der Waals surface area (Å²) in [5.41, 5.74) is -1.08. The molecule has 0 rings (SSSR count). The van der Waals surface area contributed by atoms with E-state index in [1.165, 1.54) is 13.8 Å². The van der Waals surface area contributed by atoms with Crippen molar-refractivity contribution < 1.29 is 14.5 Å². The van der Waals surface area contributed by atoms with Gasteiger partial charge < -0.3 is 4.74 Å². The lowest BCUT2D eigenvalue weighted by atomic mass is 9.92. The fraction of sp³-hybridized carbons (Fsp3) is 0.889. The summed E-state index contributed by atoms with van der Waals surface area (Å²) in [6.45, 7) is 6.67. The maximum Gasteiger partial charge on any atom is 0.308 e. The van der Waals surface area contributed by atoms with Crippen molar-refractivity contribution in [2.45, 2.75) is 39.7 Å². The molecular weight excluding hydrogens is 186 g/mol. The Hall–Kier alpha value is -1.13. The number of carbonyl (C=O) groups is 1.